The lowest BCUT2D eigenvalue weighted by molar-refractivity contribution is -0.389. The van der Waals surface area contributed by atoms with Gasteiger partial charge < -0.3 is 24.9 Å². The van der Waals surface area contributed by atoms with Gasteiger partial charge >= 0.3 is 17.9 Å². The molecular weight excluding hydrogens is 416 g/mol. The van der Waals surface area contributed by atoms with Gasteiger partial charge in [0, 0.05) is 56.3 Å². The van der Waals surface area contributed by atoms with E-state index < -0.39 is 16.6 Å². The Balaban J connectivity index is 1.30. The number of imidazole rings is 1. The van der Waals surface area contributed by atoms with Crippen molar-refractivity contribution in [3.63, 3.8) is 0 Å². The Morgan fingerprint density at radius 2 is 2.00 bits per heavy atom. The lowest BCUT2D eigenvalue weighted by Crippen LogP contribution is -2.59. The molecule has 178 valence electrons. The van der Waals surface area contributed by atoms with E-state index in [0.29, 0.717) is 25.1 Å². The Morgan fingerprint density at radius 3 is 2.56 bits per heavy atom. The van der Waals surface area contributed by atoms with Crippen LogP contribution in [0.5, 0.6) is 6.01 Å². The highest BCUT2D eigenvalue weighted by atomic mass is 16.6. The molecular formula is C21H34N6O5. The predicted molar refractivity (Wildman–Crippen MR) is 117 cm³/mol. The molecule has 2 saturated heterocycles. The van der Waals surface area contributed by atoms with Crippen LogP contribution in [0.25, 0.3) is 0 Å². The topological polar surface area (TPSA) is 117 Å². The minimum atomic E-state index is -0.816. The zero-order chi connectivity index (χ0) is 23.3. The molecule has 4 heterocycles. The summed E-state index contributed by atoms with van der Waals surface area (Å²) in [5.74, 6) is -0.182. The maximum atomic E-state index is 11.7. The van der Waals surface area contributed by atoms with Gasteiger partial charge in [-0.05, 0) is 30.1 Å². The maximum absolute atomic E-state index is 11.7. The fourth-order valence-corrected chi connectivity index (χ4v) is 5.45. The highest BCUT2D eigenvalue weighted by Gasteiger charge is 2.43. The second-order valence-electron chi connectivity index (χ2n) is 10.7. The van der Waals surface area contributed by atoms with Crippen molar-refractivity contribution in [2.45, 2.75) is 64.8 Å². The third-order valence-electron chi connectivity index (χ3n) is 7.06. The average molecular weight is 451 g/mol. The molecule has 0 aliphatic carbocycles. The number of rotatable bonds is 4. The second-order valence-corrected chi connectivity index (χ2v) is 10.7. The molecule has 3 aliphatic heterocycles. The zero-order valence-corrected chi connectivity index (χ0v) is 19.4. The standard InChI is InChI=1S/C21H34N6O5/c1-20(2,3)16-11-15(5-6-26(16)19(28)29)24-9-7-23(8-10-24)13-21(4)14-25-12-17(27(30)31)22-18(25)32-21/h12,15-16H,5-11,13-14H2,1-4H3,(H,28,29)/t15?,16-,21?/m0/s1. The van der Waals surface area contributed by atoms with E-state index in [2.05, 4.69) is 35.6 Å². The summed E-state index contributed by atoms with van der Waals surface area (Å²) in [6, 6.07) is 0.742. The van der Waals surface area contributed by atoms with Crippen LogP contribution in [-0.2, 0) is 6.54 Å². The molecule has 1 N–H and O–H groups in total. The van der Waals surface area contributed by atoms with Crippen LogP contribution in [0.3, 0.4) is 0 Å². The van der Waals surface area contributed by atoms with E-state index in [0.717, 1.165) is 45.6 Å². The molecule has 4 rings (SSSR count). The third-order valence-corrected chi connectivity index (χ3v) is 7.06. The summed E-state index contributed by atoms with van der Waals surface area (Å²) in [6.07, 6.45) is 2.37. The van der Waals surface area contributed by atoms with Gasteiger partial charge in [0.15, 0.2) is 0 Å². The first-order valence-electron chi connectivity index (χ1n) is 11.3. The van der Waals surface area contributed by atoms with Crippen molar-refractivity contribution >= 4 is 11.9 Å². The van der Waals surface area contributed by atoms with Gasteiger partial charge in [-0.15, -0.1) is 0 Å². The van der Waals surface area contributed by atoms with E-state index in [1.54, 1.807) is 9.47 Å². The molecule has 32 heavy (non-hydrogen) atoms. The zero-order valence-electron chi connectivity index (χ0n) is 19.4. The van der Waals surface area contributed by atoms with Crippen LogP contribution in [0.15, 0.2) is 6.20 Å². The number of piperidine rings is 1. The fraction of sp³-hybridized carbons (Fsp3) is 0.810. The molecule has 2 fully saturated rings. The number of hydrogen-bond acceptors (Lipinski definition) is 7. The van der Waals surface area contributed by atoms with Gasteiger partial charge in [-0.2, -0.15) is 0 Å². The molecule has 0 aromatic carbocycles. The van der Waals surface area contributed by atoms with E-state index in [1.807, 2.05) is 6.92 Å². The predicted octanol–water partition coefficient (Wildman–Crippen LogP) is 2.12. The highest BCUT2D eigenvalue weighted by Crippen LogP contribution is 2.35. The first kappa shape index (κ1) is 22.8. The minimum Gasteiger partial charge on any atom is -0.465 e. The van der Waals surface area contributed by atoms with Gasteiger partial charge in [0.2, 0.25) is 0 Å². The Bertz CT molecular complexity index is 849. The van der Waals surface area contributed by atoms with Gasteiger partial charge in [0.25, 0.3) is 0 Å². The summed E-state index contributed by atoms with van der Waals surface area (Å²) < 4.78 is 7.71. The van der Waals surface area contributed by atoms with E-state index >= 15 is 0 Å². The van der Waals surface area contributed by atoms with Crippen molar-refractivity contribution in [2.75, 3.05) is 39.3 Å². The second kappa shape index (κ2) is 8.18. The van der Waals surface area contributed by atoms with Crippen molar-refractivity contribution in [1.29, 1.82) is 0 Å². The Morgan fingerprint density at radius 1 is 1.31 bits per heavy atom. The molecule has 0 spiro atoms. The highest BCUT2D eigenvalue weighted by molar-refractivity contribution is 5.65. The third kappa shape index (κ3) is 4.54. The summed E-state index contributed by atoms with van der Waals surface area (Å²) in [4.78, 5) is 32.6. The Kier molecular flexibility index (Phi) is 5.83. The van der Waals surface area contributed by atoms with Crippen LogP contribution in [0, 0.1) is 15.5 Å². The van der Waals surface area contributed by atoms with E-state index in [9.17, 15) is 20.0 Å². The van der Waals surface area contributed by atoms with Crippen molar-refractivity contribution in [3.05, 3.63) is 16.3 Å². The van der Waals surface area contributed by atoms with Crippen LogP contribution in [0.4, 0.5) is 10.6 Å². The van der Waals surface area contributed by atoms with E-state index in [4.69, 9.17) is 4.74 Å². The minimum absolute atomic E-state index is 0.0222. The van der Waals surface area contributed by atoms with Gasteiger partial charge in [0.1, 0.15) is 11.8 Å². The molecule has 1 aromatic heterocycles. The van der Waals surface area contributed by atoms with Crippen molar-refractivity contribution in [1.82, 2.24) is 24.3 Å². The summed E-state index contributed by atoms with van der Waals surface area (Å²) in [7, 11) is 0. The molecule has 2 unspecified atom stereocenters. The summed E-state index contributed by atoms with van der Waals surface area (Å²) >= 11 is 0. The molecule has 11 nitrogen and oxygen atoms in total. The summed E-state index contributed by atoms with van der Waals surface area (Å²) in [5, 5.41) is 20.5. The Labute approximate surface area is 188 Å². The van der Waals surface area contributed by atoms with Crippen molar-refractivity contribution < 1.29 is 19.6 Å². The molecule has 3 aliphatic rings. The SMILES string of the molecule is CC1(CN2CCN(C3CCN(C(=O)O)[C@H](C(C)(C)C)C3)CC2)Cn2cc([N+](=O)[O-])nc2O1. The van der Waals surface area contributed by atoms with Crippen LogP contribution in [-0.4, -0.2) is 97.3 Å². The maximum Gasteiger partial charge on any atom is 0.415 e. The number of piperazine rings is 1. The number of carboxylic acid groups (broad SMARTS) is 1. The van der Waals surface area contributed by atoms with Crippen molar-refractivity contribution in [3.8, 4) is 6.01 Å². The first-order valence-corrected chi connectivity index (χ1v) is 11.3. The fourth-order valence-electron chi connectivity index (χ4n) is 5.45. The molecule has 1 amide bonds. The number of nitrogens with zero attached hydrogens (tertiary/aromatic N) is 6. The van der Waals surface area contributed by atoms with Crippen LogP contribution in [0.2, 0.25) is 0 Å². The van der Waals surface area contributed by atoms with Crippen molar-refractivity contribution in [2.24, 2.45) is 5.41 Å². The first-order chi connectivity index (χ1) is 14.9. The average Bonchev–Trinajstić information content (AvgIpc) is 3.22. The number of hydrogen-bond donors (Lipinski definition) is 1. The quantitative estimate of drug-likeness (QED) is 0.548. The number of aromatic nitrogens is 2. The van der Waals surface area contributed by atoms with Crippen LogP contribution >= 0.6 is 0 Å². The number of carbonyl (C=O) groups is 1. The number of likely N-dealkylation sites (tertiary alicyclic amines) is 1. The van der Waals surface area contributed by atoms with Gasteiger partial charge in [-0.3, -0.25) is 14.4 Å². The summed E-state index contributed by atoms with van der Waals surface area (Å²) in [6.45, 7) is 14.0. The molecule has 11 heteroatoms. The molecule has 0 saturated carbocycles. The largest absolute Gasteiger partial charge is 0.465 e. The summed E-state index contributed by atoms with van der Waals surface area (Å²) in [5.41, 5.74) is -0.545. The number of ether oxygens (including phenoxy) is 1. The van der Waals surface area contributed by atoms with Gasteiger partial charge in [-0.25, -0.2) is 4.79 Å². The van der Waals surface area contributed by atoms with Crippen LogP contribution in [0.1, 0.15) is 40.5 Å². The lowest BCUT2D eigenvalue weighted by Gasteiger charge is -2.49. The molecule has 0 bridgehead atoms. The number of amides is 1. The van der Waals surface area contributed by atoms with Crippen LogP contribution < -0.4 is 4.74 Å². The van der Waals surface area contributed by atoms with Gasteiger partial charge in [0.05, 0.1) is 6.54 Å². The van der Waals surface area contributed by atoms with Gasteiger partial charge in [-0.1, -0.05) is 20.8 Å². The molecule has 3 atom stereocenters. The Hall–Kier alpha value is -2.40. The van der Waals surface area contributed by atoms with E-state index in [1.165, 1.54) is 6.20 Å². The van der Waals surface area contributed by atoms with E-state index in [-0.39, 0.29) is 17.3 Å². The lowest BCUT2D eigenvalue weighted by atomic mass is 9.79. The molecule has 0 radical (unpaired) electrons. The normalized spacial score (nSPS) is 29.6. The smallest absolute Gasteiger partial charge is 0.415 e. The number of nitro groups is 1. The number of fused-ring (bicyclic) bond motifs is 1. The monoisotopic (exact) mass is 450 g/mol. The molecule has 1 aromatic rings.